The first kappa shape index (κ1) is 18.3. The molecule has 0 radical (unpaired) electrons. The molecule has 0 atom stereocenters. The molecule has 1 amide bonds. The van der Waals surface area contributed by atoms with Crippen molar-refractivity contribution in [3.63, 3.8) is 0 Å². The highest BCUT2D eigenvalue weighted by Crippen LogP contribution is 2.26. The molecule has 0 bridgehead atoms. The fourth-order valence-electron chi connectivity index (χ4n) is 2.16. The highest BCUT2D eigenvalue weighted by molar-refractivity contribution is 7.99. The van der Waals surface area contributed by atoms with E-state index in [1.807, 2.05) is 23.9 Å². The monoisotopic (exact) mass is 330 g/mol. The van der Waals surface area contributed by atoms with Crippen LogP contribution >= 0.6 is 24.2 Å². The summed E-state index contributed by atoms with van der Waals surface area (Å²) < 4.78 is 5.37. The van der Waals surface area contributed by atoms with Crippen molar-refractivity contribution in [2.45, 2.75) is 23.8 Å². The van der Waals surface area contributed by atoms with Gasteiger partial charge >= 0.3 is 0 Å². The van der Waals surface area contributed by atoms with Crippen molar-refractivity contribution >= 4 is 35.8 Å². The van der Waals surface area contributed by atoms with Crippen molar-refractivity contribution < 1.29 is 9.53 Å². The third kappa shape index (κ3) is 6.70. The number of amides is 1. The summed E-state index contributed by atoms with van der Waals surface area (Å²) in [7, 11) is 1.76. The van der Waals surface area contributed by atoms with Gasteiger partial charge in [-0.25, -0.2) is 0 Å². The maximum absolute atomic E-state index is 11.5. The van der Waals surface area contributed by atoms with E-state index in [2.05, 4.69) is 22.8 Å². The summed E-state index contributed by atoms with van der Waals surface area (Å²) in [6, 6.07) is 8.09. The van der Waals surface area contributed by atoms with Crippen molar-refractivity contribution in [2.75, 3.05) is 32.1 Å². The van der Waals surface area contributed by atoms with Gasteiger partial charge in [0.05, 0.1) is 6.54 Å². The zero-order valence-corrected chi connectivity index (χ0v) is 13.9. The molecule has 2 rings (SSSR count). The van der Waals surface area contributed by atoms with Crippen molar-refractivity contribution in [3.05, 3.63) is 29.8 Å². The minimum Gasteiger partial charge on any atom is -0.381 e. The first-order valence-electron chi connectivity index (χ1n) is 7.00. The summed E-state index contributed by atoms with van der Waals surface area (Å²) in [5.41, 5.74) is 2.12. The van der Waals surface area contributed by atoms with Gasteiger partial charge < -0.3 is 15.4 Å². The molecule has 1 aromatic carbocycles. The molecule has 1 fully saturated rings. The number of nitrogens with one attached hydrogen (secondary N) is 2. The summed E-state index contributed by atoms with van der Waals surface area (Å²) in [5.74, 6) is 0.974. The molecule has 1 aromatic rings. The predicted octanol–water partition coefficient (Wildman–Crippen LogP) is 2.68. The highest BCUT2D eigenvalue weighted by Gasteiger charge is 2.14. The molecule has 0 aromatic heterocycles. The van der Waals surface area contributed by atoms with Crippen LogP contribution in [-0.2, 0) is 15.3 Å². The van der Waals surface area contributed by atoms with Gasteiger partial charge in [0, 0.05) is 29.9 Å². The smallest absolute Gasteiger partial charge is 0.238 e. The summed E-state index contributed by atoms with van der Waals surface area (Å²) in [6.45, 7) is 2.11. The van der Waals surface area contributed by atoms with E-state index in [1.54, 1.807) is 7.05 Å². The van der Waals surface area contributed by atoms with Crippen LogP contribution in [0.15, 0.2) is 24.3 Å². The van der Waals surface area contributed by atoms with E-state index in [4.69, 9.17) is 4.74 Å². The molecule has 0 spiro atoms. The predicted molar refractivity (Wildman–Crippen MR) is 91.4 cm³/mol. The van der Waals surface area contributed by atoms with E-state index in [1.165, 1.54) is 5.56 Å². The van der Waals surface area contributed by atoms with Gasteiger partial charge in [0.2, 0.25) is 5.91 Å². The number of thioether (sulfide) groups is 1. The molecule has 0 saturated carbocycles. The molecule has 1 aliphatic rings. The number of hydrogen-bond acceptors (Lipinski definition) is 4. The number of benzene rings is 1. The summed E-state index contributed by atoms with van der Waals surface area (Å²) in [4.78, 5) is 11.5. The minimum absolute atomic E-state index is 0. The zero-order chi connectivity index (χ0) is 14.2. The number of halogens is 1. The lowest BCUT2D eigenvalue weighted by Crippen LogP contribution is -2.25. The van der Waals surface area contributed by atoms with E-state index in [9.17, 15) is 4.79 Å². The Bertz CT molecular complexity index is 439. The third-order valence-electron chi connectivity index (χ3n) is 3.20. The van der Waals surface area contributed by atoms with Gasteiger partial charge in [-0.05, 0) is 37.6 Å². The number of carbonyl (C=O) groups is 1. The van der Waals surface area contributed by atoms with Gasteiger partial charge in [0.1, 0.15) is 0 Å². The molecular formula is C15H23ClN2O2S. The van der Waals surface area contributed by atoms with E-state index in [-0.39, 0.29) is 18.3 Å². The van der Waals surface area contributed by atoms with Crippen LogP contribution in [0, 0.1) is 0 Å². The fourth-order valence-corrected chi connectivity index (χ4v) is 3.29. The average Bonchev–Trinajstić information content (AvgIpc) is 2.47. The number of hydrogen-bond donors (Lipinski definition) is 2. The van der Waals surface area contributed by atoms with Gasteiger partial charge in [-0.2, -0.15) is 11.8 Å². The quantitative estimate of drug-likeness (QED) is 0.842. The van der Waals surface area contributed by atoms with E-state index in [0.29, 0.717) is 11.8 Å². The van der Waals surface area contributed by atoms with Crippen LogP contribution in [0.2, 0.25) is 0 Å². The highest BCUT2D eigenvalue weighted by atomic mass is 35.5. The van der Waals surface area contributed by atoms with Crippen molar-refractivity contribution in [2.24, 2.45) is 0 Å². The zero-order valence-electron chi connectivity index (χ0n) is 12.3. The lowest BCUT2D eigenvalue weighted by Gasteiger charge is -2.21. The van der Waals surface area contributed by atoms with Crippen LogP contribution in [0.25, 0.3) is 0 Å². The molecule has 6 heteroatoms. The van der Waals surface area contributed by atoms with Crippen LogP contribution < -0.4 is 10.6 Å². The standard InChI is InChI=1S/C15H22N2O2S.ClH/c1-16-10-15(18)17-13-4-2-3-12(9-13)11-20-14-5-7-19-8-6-14;/h2-4,9,14,16H,5-8,10-11H2,1H3,(H,17,18);1H. The van der Waals surface area contributed by atoms with E-state index < -0.39 is 0 Å². The van der Waals surface area contributed by atoms with Crippen LogP contribution in [0.4, 0.5) is 5.69 Å². The van der Waals surface area contributed by atoms with Gasteiger partial charge in [-0.3, -0.25) is 4.79 Å². The Labute approximate surface area is 136 Å². The summed E-state index contributed by atoms with van der Waals surface area (Å²) in [5, 5.41) is 6.43. The normalized spacial score (nSPS) is 15.3. The summed E-state index contributed by atoms with van der Waals surface area (Å²) >= 11 is 1.98. The molecule has 0 aliphatic carbocycles. The Kier molecular flexibility index (Phi) is 8.76. The number of ether oxygens (including phenoxy) is 1. The number of rotatable bonds is 6. The van der Waals surface area contributed by atoms with Gasteiger partial charge in [0.25, 0.3) is 0 Å². The first-order chi connectivity index (χ1) is 9.78. The Morgan fingerprint density at radius 2 is 2.14 bits per heavy atom. The Balaban J connectivity index is 0.00000220. The Hall–Kier alpha value is -0.750. The minimum atomic E-state index is -0.0123. The average molecular weight is 331 g/mol. The van der Waals surface area contributed by atoms with Crippen molar-refractivity contribution in [1.82, 2.24) is 5.32 Å². The Morgan fingerprint density at radius 1 is 1.38 bits per heavy atom. The van der Waals surface area contributed by atoms with Crippen LogP contribution in [0.3, 0.4) is 0 Å². The second kappa shape index (κ2) is 10.1. The van der Waals surface area contributed by atoms with Gasteiger partial charge in [-0.15, -0.1) is 12.4 Å². The van der Waals surface area contributed by atoms with Gasteiger partial charge in [-0.1, -0.05) is 12.1 Å². The molecule has 1 heterocycles. The van der Waals surface area contributed by atoms with Crippen molar-refractivity contribution in [1.29, 1.82) is 0 Å². The van der Waals surface area contributed by atoms with Gasteiger partial charge in [0.15, 0.2) is 0 Å². The largest absolute Gasteiger partial charge is 0.381 e. The summed E-state index contributed by atoms with van der Waals surface area (Å²) in [6.07, 6.45) is 2.28. The van der Waals surface area contributed by atoms with Crippen molar-refractivity contribution in [3.8, 4) is 0 Å². The van der Waals surface area contributed by atoms with Crippen LogP contribution in [0.1, 0.15) is 18.4 Å². The molecule has 118 valence electrons. The van der Waals surface area contributed by atoms with E-state index in [0.717, 1.165) is 37.5 Å². The molecule has 1 saturated heterocycles. The molecule has 1 aliphatic heterocycles. The van der Waals surface area contributed by atoms with Crippen LogP contribution in [-0.4, -0.2) is 38.0 Å². The molecule has 0 unspecified atom stereocenters. The number of anilines is 1. The fraction of sp³-hybridized carbons (Fsp3) is 0.533. The molecular weight excluding hydrogens is 308 g/mol. The molecule has 21 heavy (non-hydrogen) atoms. The SMILES string of the molecule is CNCC(=O)Nc1cccc(CSC2CCOCC2)c1.Cl. The molecule has 2 N–H and O–H groups in total. The first-order valence-corrected chi connectivity index (χ1v) is 8.05. The maximum atomic E-state index is 11.5. The molecule has 4 nitrogen and oxygen atoms in total. The number of likely N-dealkylation sites (N-methyl/N-ethyl adjacent to an activating group) is 1. The topological polar surface area (TPSA) is 50.4 Å². The third-order valence-corrected chi connectivity index (χ3v) is 4.64. The Morgan fingerprint density at radius 3 is 2.86 bits per heavy atom. The lowest BCUT2D eigenvalue weighted by atomic mass is 10.2. The second-order valence-electron chi connectivity index (χ2n) is 4.90. The van der Waals surface area contributed by atoms with Crippen LogP contribution in [0.5, 0.6) is 0 Å². The number of carbonyl (C=O) groups excluding carboxylic acids is 1. The van der Waals surface area contributed by atoms with E-state index >= 15 is 0 Å². The lowest BCUT2D eigenvalue weighted by molar-refractivity contribution is -0.115. The second-order valence-corrected chi connectivity index (χ2v) is 6.19. The maximum Gasteiger partial charge on any atom is 0.238 e.